The Bertz CT molecular complexity index is 231. The van der Waals surface area contributed by atoms with Crippen LogP contribution in [0.25, 0.3) is 0 Å². The topological polar surface area (TPSA) is 15.3 Å². The van der Waals surface area contributed by atoms with Crippen molar-refractivity contribution in [1.82, 2.24) is 10.2 Å². The molecule has 0 aromatic heterocycles. The fourth-order valence-electron chi connectivity index (χ4n) is 1.09. The van der Waals surface area contributed by atoms with Gasteiger partial charge in [0.05, 0.1) is 6.54 Å². The van der Waals surface area contributed by atoms with Gasteiger partial charge in [-0.25, -0.2) is 0 Å². The Morgan fingerprint density at radius 1 is 1.47 bits per heavy atom. The van der Waals surface area contributed by atoms with Crippen molar-refractivity contribution in [3.63, 3.8) is 0 Å². The van der Waals surface area contributed by atoms with Crippen LogP contribution < -0.4 is 5.32 Å². The fourth-order valence-corrected chi connectivity index (χ4v) is 1.09. The van der Waals surface area contributed by atoms with Gasteiger partial charge in [-0.15, -0.1) is 6.58 Å². The molecule has 0 aromatic carbocycles. The Kier molecular flexibility index (Phi) is 6.59. The van der Waals surface area contributed by atoms with Crippen LogP contribution in [0.4, 0.5) is 0 Å². The molecule has 0 saturated carbocycles. The van der Waals surface area contributed by atoms with Gasteiger partial charge in [-0.2, -0.15) is 0 Å². The SMILES string of the molecule is C=CCN(C)C(=C)CNC(=C)C(C)CC. The summed E-state index contributed by atoms with van der Waals surface area (Å²) in [7, 11) is 2.01. The van der Waals surface area contributed by atoms with E-state index in [4.69, 9.17) is 0 Å². The minimum Gasteiger partial charge on any atom is -0.383 e. The summed E-state index contributed by atoms with van der Waals surface area (Å²) in [5, 5.41) is 3.30. The zero-order valence-electron chi connectivity index (χ0n) is 10.3. The third-order valence-corrected chi connectivity index (χ3v) is 2.67. The molecular formula is C13H24N2. The summed E-state index contributed by atoms with van der Waals surface area (Å²) in [4.78, 5) is 2.07. The highest BCUT2D eigenvalue weighted by molar-refractivity contribution is 5.03. The number of hydrogen-bond acceptors (Lipinski definition) is 2. The Hall–Kier alpha value is -1.18. The predicted octanol–water partition coefficient (Wildman–Crippen LogP) is 2.77. The lowest BCUT2D eigenvalue weighted by atomic mass is 10.1. The van der Waals surface area contributed by atoms with Gasteiger partial charge < -0.3 is 10.2 Å². The standard InChI is InChI=1S/C13H24N2/c1-7-9-15(6)12(4)10-14-13(5)11(3)8-2/h7,11,14H,1,4-5,8-10H2,2-3,6H3. The van der Waals surface area contributed by atoms with Crippen molar-refractivity contribution in [2.75, 3.05) is 20.1 Å². The van der Waals surface area contributed by atoms with E-state index in [0.717, 1.165) is 30.9 Å². The number of nitrogens with zero attached hydrogens (tertiary/aromatic N) is 1. The minimum atomic E-state index is 0.516. The number of rotatable bonds is 8. The summed E-state index contributed by atoms with van der Waals surface area (Å²) in [5.74, 6) is 0.516. The number of allylic oxidation sites excluding steroid dienone is 1. The summed E-state index contributed by atoms with van der Waals surface area (Å²) in [5.41, 5.74) is 2.14. The molecular weight excluding hydrogens is 184 g/mol. The molecule has 0 saturated heterocycles. The van der Waals surface area contributed by atoms with Crippen LogP contribution in [-0.4, -0.2) is 25.0 Å². The normalized spacial score (nSPS) is 11.7. The molecule has 0 radical (unpaired) electrons. The average molecular weight is 208 g/mol. The summed E-state index contributed by atoms with van der Waals surface area (Å²) in [6.07, 6.45) is 2.98. The van der Waals surface area contributed by atoms with Crippen molar-refractivity contribution in [2.45, 2.75) is 20.3 Å². The molecule has 1 N–H and O–H groups in total. The van der Waals surface area contributed by atoms with Crippen LogP contribution in [0.15, 0.2) is 37.2 Å². The van der Waals surface area contributed by atoms with Gasteiger partial charge in [0.2, 0.25) is 0 Å². The van der Waals surface area contributed by atoms with E-state index in [1.54, 1.807) is 0 Å². The zero-order chi connectivity index (χ0) is 11.8. The van der Waals surface area contributed by atoms with E-state index in [9.17, 15) is 0 Å². The summed E-state index contributed by atoms with van der Waals surface area (Å²) < 4.78 is 0. The summed E-state index contributed by atoms with van der Waals surface area (Å²) in [6.45, 7) is 17.6. The van der Waals surface area contributed by atoms with Crippen LogP contribution in [0.3, 0.4) is 0 Å². The number of nitrogens with one attached hydrogen (secondary N) is 1. The Morgan fingerprint density at radius 2 is 2.07 bits per heavy atom. The first-order chi connectivity index (χ1) is 7.02. The molecule has 0 amide bonds. The van der Waals surface area contributed by atoms with E-state index < -0.39 is 0 Å². The molecule has 0 aliphatic heterocycles. The quantitative estimate of drug-likeness (QED) is 0.617. The van der Waals surface area contributed by atoms with Crippen molar-refractivity contribution >= 4 is 0 Å². The maximum Gasteiger partial charge on any atom is 0.0540 e. The molecule has 2 heteroatoms. The maximum absolute atomic E-state index is 4.01. The van der Waals surface area contributed by atoms with Crippen molar-refractivity contribution in [2.24, 2.45) is 5.92 Å². The van der Waals surface area contributed by atoms with Gasteiger partial charge in [0.15, 0.2) is 0 Å². The molecule has 0 bridgehead atoms. The van der Waals surface area contributed by atoms with Crippen molar-refractivity contribution in [1.29, 1.82) is 0 Å². The van der Waals surface area contributed by atoms with E-state index in [1.165, 1.54) is 0 Å². The van der Waals surface area contributed by atoms with E-state index in [1.807, 2.05) is 13.1 Å². The monoisotopic (exact) mass is 208 g/mol. The summed E-state index contributed by atoms with van der Waals surface area (Å²) >= 11 is 0. The fraction of sp³-hybridized carbons (Fsp3) is 0.538. The molecule has 0 rings (SSSR count). The van der Waals surface area contributed by atoms with Gasteiger partial charge >= 0.3 is 0 Å². The molecule has 1 unspecified atom stereocenters. The van der Waals surface area contributed by atoms with Gasteiger partial charge in [0.25, 0.3) is 0 Å². The molecule has 1 atom stereocenters. The molecule has 0 fully saturated rings. The second-order valence-corrected chi connectivity index (χ2v) is 3.92. The highest BCUT2D eigenvalue weighted by Gasteiger charge is 2.05. The van der Waals surface area contributed by atoms with Gasteiger partial charge in [0, 0.05) is 25.0 Å². The molecule has 15 heavy (non-hydrogen) atoms. The van der Waals surface area contributed by atoms with Crippen molar-refractivity contribution < 1.29 is 0 Å². The van der Waals surface area contributed by atoms with Crippen LogP contribution >= 0.6 is 0 Å². The van der Waals surface area contributed by atoms with E-state index in [2.05, 4.69) is 43.8 Å². The second-order valence-electron chi connectivity index (χ2n) is 3.92. The lowest BCUT2D eigenvalue weighted by Gasteiger charge is -2.22. The Balaban J connectivity index is 3.89. The Morgan fingerprint density at radius 3 is 2.53 bits per heavy atom. The first-order valence-electron chi connectivity index (χ1n) is 5.45. The zero-order valence-corrected chi connectivity index (χ0v) is 10.3. The molecule has 2 nitrogen and oxygen atoms in total. The number of likely N-dealkylation sites (N-methyl/N-ethyl adjacent to an activating group) is 1. The first kappa shape index (κ1) is 13.8. The average Bonchev–Trinajstić information content (AvgIpc) is 2.24. The maximum atomic E-state index is 4.01. The van der Waals surface area contributed by atoms with E-state index in [0.29, 0.717) is 5.92 Å². The van der Waals surface area contributed by atoms with Crippen molar-refractivity contribution in [3.8, 4) is 0 Å². The van der Waals surface area contributed by atoms with Crippen LogP contribution in [0, 0.1) is 5.92 Å². The predicted molar refractivity (Wildman–Crippen MR) is 68.6 cm³/mol. The van der Waals surface area contributed by atoms with Gasteiger partial charge in [0.1, 0.15) is 0 Å². The third-order valence-electron chi connectivity index (χ3n) is 2.67. The molecule has 0 heterocycles. The number of hydrogen-bond donors (Lipinski definition) is 1. The molecule has 0 aliphatic carbocycles. The van der Waals surface area contributed by atoms with Crippen LogP contribution in [0.2, 0.25) is 0 Å². The van der Waals surface area contributed by atoms with Crippen LogP contribution in [0.1, 0.15) is 20.3 Å². The molecule has 86 valence electrons. The van der Waals surface area contributed by atoms with Gasteiger partial charge in [-0.05, 0) is 12.3 Å². The third kappa shape index (κ3) is 5.31. The van der Waals surface area contributed by atoms with E-state index >= 15 is 0 Å². The lowest BCUT2D eigenvalue weighted by Crippen LogP contribution is -2.27. The van der Waals surface area contributed by atoms with Crippen LogP contribution in [0.5, 0.6) is 0 Å². The Labute approximate surface area is 94.4 Å². The highest BCUT2D eigenvalue weighted by atomic mass is 15.1. The smallest absolute Gasteiger partial charge is 0.0540 e. The van der Waals surface area contributed by atoms with Gasteiger partial charge in [-0.3, -0.25) is 0 Å². The molecule has 0 spiro atoms. The lowest BCUT2D eigenvalue weighted by molar-refractivity contribution is 0.446. The van der Waals surface area contributed by atoms with E-state index in [-0.39, 0.29) is 0 Å². The van der Waals surface area contributed by atoms with Crippen molar-refractivity contribution in [3.05, 3.63) is 37.2 Å². The molecule has 0 aromatic rings. The van der Waals surface area contributed by atoms with Gasteiger partial charge in [-0.1, -0.05) is 33.1 Å². The largest absolute Gasteiger partial charge is 0.383 e. The first-order valence-corrected chi connectivity index (χ1v) is 5.45. The summed E-state index contributed by atoms with van der Waals surface area (Å²) in [6, 6.07) is 0. The second kappa shape index (κ2) is 7.16. The van der Waals surface area contributed by atoms with Crippen LogP contribution in [-0.2, 0) is 0 Å². The highest BCUT2D eigenvalue weighted by Crippen LogP contribution is 2.09. The minimum absolute atomic E-state index is 0.516. The molecule has 0 aliphatic rings.